The highest BCUT2D eigenvalue weighted by Crippen LogP contribution is 2.42. The lowest BCUT2D eigenvalue weighted by Crippen LogP contribution is -2.34. The first-order valence-corrected chi connectivity index (χ1v) is 10.8. The molecule has 5 aromatic rings. The maximum Gasteiger partial charge on any atom is 0.379 e. The van der Waals surface area contributed by atoms with Gasteiger partial charge in [-0.15, -0.1) is 0 Å². The third-order valence-electron chi connectivity index (χ3n) is 6.08. The minimum atomic E-state index is 0.790. The molecule has 0 unspecified atom stereocenters. The fraction of sp³-hybridized carbons (Fsp3) is 0.148. The number of ether oxygens (including phenoxy) is 1. The lowest BCUT2D eigenvalue weighted by molar-refractivity contribution is -0.674. The van der Waals surface area contributed by atoms with Crippen molar-refractivity contribution in [3.8, 4) is 5.75 Å². The van der Waals surface area contributed by atoms with Gasteiger partial charge in [0.15, 0.2) is 5.75 Å². The van der Waals surface area contributed by atoms with Crippen LogP contribution in [0.5, 0.6) is 5.75 Å². The van der Waals surface area contributed by atoms with E-state index in [-0.39, 0.29) is 0 Å². The van der Waals surface area contributed by atoms with Gasteiger partial charge in [0.05, 0.1) is 5.69 Å². The highest BCUT2D eigenvalue weighted by Gasteiger charge is 2.29. The van der Waals surface area contributed by atoms with Crippen molar-refractivity contribution in [2.45, 2.75) is 20.4 Å². The van der Waals surface area contributed by atoms with Crippen LogP contribution in [0.15, 0.2) is 83.1 Å². The fourth-order valence-corrected chi connectivity index (χ4v) is 4.55. The molecule has 0 fully saturated rings. The monoisotopic (exact) mass is 407 g/mol. The predicted molar refractivity (Wildman–Crippen MR) is 125 cm³/mol. The van der Waals surface area contributed by atoms with Crippen molar-refractivity contribution in [1.82, 2.24) is 0 Å². The van der Waals surface area contributed by atoms with Gasteiger partial charge >= 0.3 is 5.89 Å². The van der Waals surface area contributed by atoms with Crippen LogP contribution in [-0.2, 0) is 6.54 Å². The Balaban J connectivity index is 1.50. The van der Waals surface area contributed by atoms with Gasteiger partial charge in [0.25, 0.3) is 5.52 Å². The van der Waals surface area contributed by atoms with Gasteiger partial charge in [0.2, 0.25) is 11.5 Å². The lowest BCUT2D eigenvalue weighted by Gasteiger charge is -2.15. The zero-order valence-corrected chi connectivity index (χ0v) is 17.6. The van der Waals surface area contributed by atoms with Gasteiger partial charge in [-0.25, -0.2) is 0 Å². The van der Waals surface area contributed by atoms with Crippen molar-refractivity contribution in [3.63, 3.8) is 0 Å². The summed E-state index contributed by atoms with van der Waals surface area (Å²) >= 11 is 0. The number of anilines is 1. The molecule has 0 saturated carbocycles. The third kappa shape index (κ3) is 2.79. The molecule has 4 heteroatoms. The number of hydrogen-bond donors (Lipinski definition) is 0. The van der Waals surface area contributed by atoms with Crippen LogP contribution in [0.4, 0.5) is 5.69 Å². The summed E-state index contributed by atoms with van der Waals surface area (Å²) in [6, 6.07) is 25.4. The Morgan fingerprint density at radius 3 is 2.16 bits per heavy atom. The van der Waals surface area contributed by atoms with Gasteiger partial charge in [0.1, 0.15) is 12.6 Å². The molecule has 0 saturated heterocycles. The normalized spacial score (nSPS) is 14.6. The molecule has 1 aromatic heterocycles. The molecule has 0 amide bonds. The largest absolute Gasteiger partial charge is 0.438 e. The van der Waals surface area contributed by atoms with Crippen LogP contribution >= 0.6 is 0 Å². The topological polar surface area (TPSA) is 29.5 Å². The molecule has 1 aliphatic heterocycles. The Morgan fingerprint density at radius 1 is 0.839 bits per heavy atom. The van der Waals surface area contributed by atoms with Gasteiger partial charge in [-0.05, 0) is 53.6 Å². The molecule has 6 rings (SSSR count). The lowest BCUT2D eigenvalue weighted by atomic mass is 10.1. The first kappa shape index (κ1) is 18.0. The van der Waals surface area contributed by atoms with E-state index >= 15 is 0 Å². The minimum absolute atomic E-state index is 0.790. The Labute approximate surface area is 180 Å². The van der Waals surface area contributed by atoms with E-state index in [1.54, 1.807) is 0 Å². The average molecular weight is 407 g/mol. The second kappa shape index (κ2) is 6.88. The van der Waals surface area contributed by atoms with Crippen molar-refractivity contribution in [2.24, 2.45) is 0 Å². The number of fused-ring (bicyclic) bond motifs is 4. The zero-order valence-electron chi connectivity index (χ0n) is 17.6. The summed E-state index contributed by atoms with van der Waals surface area (Å²) in [7, 11) is 0. The quantitative estimate of drug-likeness (QED) is 0.330. The Morgan fingerprint density at radius 2 is 1.48 bits per heavy atom. The number of aromatic nitrogens is 1. The summed E-state index contributed by atoms with van der Waals surface area (Å²) in [5.74, 6) is 2.47. The van der Waals surface area contributed by atoms with Crippen LogP contribution in [0.2, 0.25) is 0 Å². The fourth-order valence-electron chi connectivity index (χ4n) is 4.55. The highest BCUT2D eigenvalue weighted by atomic mass is 16.5. The Hall–Kier alpha value is -3.79. The van der Waals surface area contributed by atoms with Crippen molar-refractivity contribution >= 4 is 44.4 Å². The van der Waals surface area contributed by atoms with Crippen LogP contribution in [-0.4, -0.2) is 6.54 Å². The molecule has 4 aromatic carbocycles. The van der Waals surface area contributed by atoms with Crippen molar-refractivity contribution in [1.29, 1.82) is 0 Å². The second-order valence-corrected chi connectivity index (χ2v) is 7.85. The van der Waals surface area contributed by atoms with E-state index in [0.717, 1.165) is 47.4 Å². The van der Waals surface area contributed by atoms with Crippen LogP contribution in [0.25, 0.3) is 38.7 Å². The van der Waals surface area contributed by atoms with E-state index in [4.69, 9.17) is 9.15 Å². The highest BCUT2D eigenvalue weighted by molar-refractivity contribution is 5.93. The Kier molecular flexibility index (Phi) is 4.00. The number of oxazole rings is 1. The van der Waals surface area contributed by atoms with E-state index in [0.29, 0.717) is 0 Å². The van der Waals surface area contributed by atoms with E-state index in [1.165, 1.54) is 21.5 Å². The molecule has 0 atom stereocenters. The van der Waals surface area contributed by atoms with Gasteiger partial charge in [-0.3, -0.25) is 0 Å². The molecule has 0 bridgehead atoms. The van der Waals surface area contributed by atoms with Gasteiger partial charge < -0.3 is 14.1 Å². The first-order chi connectivity index (χ1) is 15.2. The molecule has 0 aliphatic carbocycles. The summed E-state index contributed by atoms with van der Waals surface area (Å²) in [4.78, 5) is 2.20. The van der Waals surface area contributed by atoms with Gasteiger partial charge in [-0.1, -0.05) is 48.5 Å². The molecule has 31 heavy (non-hydrogen) atoms. The first-order valence-electron chi connectivity index (χ1n) is 10.8. The molecular weight excluding hydrogens is 384 g/mol. The molecular formula is C27H23N2O2+. The van der Waals surface area contributed by atoms with E-state index in [2.05, 4.69) is 96.1 Å². The van der Waals surface area contributed by atoms with Crippen LogP contribution in [0, 0.1) is 0 Å². The van der Waals surface area contributed by atoms with Crippen LogP contribution < -0.4 is 14.2 Å². The zero-order chi connectivity index (χ0) is 20.9. The number of rotatable bonds is 3. The maximum atomic E-state index is 6.31. The standard InChI is InChI=1S/C27H23N2O2/c1-3-28-22-13-18-9-5-7-11-20(18)15-24(22)30-26(28)17-27-29(4-2)23-14-19-10-6-8-12-21(19)16-25(23)31-27/h5-17H,3-4H2,1-2H3/q+1. The van der Waals surface area contributed by atoms with E-state index in [9.17, 15) is 0 Å². The van der Waals surface area contributed by atoms with Crippen LogP contribution in [0.3, 0.4) is 0 Å². The SMILES string of the molecule is CCN1C(=Cc2oc3cc4ccccc4cc3[n+]2CC)Oc2cc3ccccc3cc21. The third-order valence-corrected chi connectivity index (χ3v) is 6.08. The molecule has 0 spiro atoms. The smallest absolute Gasteiger partial charge is 0.379 e. The summed E-state index contributed by atoms with van der Waals surface area (Å²) in [6.07, 6.45) is 2.02. The van der Waals surface area contributed by atoms with Gasteiger partial charge in [0, 0.05) is 12.6 Å². The molecule has 0 radical (unpaired) electrons. The molecule has 4 nitrogen and oxygen atoms in total. The average Bonchev–Trinajstić information content (AvgIpc) is 3.31. The van der Waals surface area contributed by atoms with Crippen molar-refractivity contribution in [2.75, 3.05) is 11.4 Å². The number of hydrogen-bond acceptors (Lipinski definition) is 3. The molecule has 152 valence electrons. The summed E-state index contributed by atoms with van der Waals surface area (Å²) in [5.41, 5.74) is 3.08. The minimum Gasteiger partial charge on any atom is -0.438 e. The Bertz CT molecular complexity index is 1500. The molecule has 0 N–H and O–H groups in total. The summed E-state index contributed by atoms with van der Waals surface area (Å²) in [5, 5.41) is 4.78. The second-order valence-electron chi connectivity index (χ2n) is 7.85. The van der Waals surface area contributed by atoms with Crippen molar-refractivity contribution in [3.05, 3.63) is 84.6 Å². The van der Waals surface area contributed by atoms with E-state index in [1.807, 2.05) is 6.08 Å². The molecule has 2 heterocycles. The number of benzene rings is 4. The van der Waals surface area contributed by atoms with Crippen molar-refractivity contribution < 1.29 is 13.7 Å². The molecule has 1 aliphatic rings. The van der Waals surface area contributed by atoms with Crippen LogP contribution in [0.1, 0.15) is 19.7 Å². The van der Waals surface area contributed by atoms with Gasteiger partial charge in [-0.2, -0.15) is 4.57 Å². The predicted octanol–water partition coefficient (Wildman–Crippen LogP) is 6.26. The maximum absolute atomic E-state index is 6.31. The van der Waals surface area contributed by atoms with E-state index < -0.39 is 0 Å². The summed E-state index contributed by atoms with van der Waals surface area (Å²) < 4.78 is 14.8. The number of nitrogens with zero attached hydrogens (tertiary/aromatic N) is 2. The summed E-state index contributed by atoms with van der Waals surface area (Å²) in [6.45, 7) is 5.91. The number of aryl methyl sites for hydroxylation is 1.